The largest absolute Gasteiger partial charge is 0.393 e. The molecule has 1 saturated heterocycles. The molecule has 1 unspecified atom stereocenters. The molecule has 0 radical (unpaired) electrons. The van der Waals surface area contributed by atoms with Crippen LogP contribution in [-0.4, -0.2) is 41.4 Å². The van der Waals surface area contributed by atoms with Crippen molar-refractivity contribution in [1.29, 1.82) is 0 Å². The van der Waals surface area contributed by atoms with Crippen LogP contribution in [0.15, 0.2) is 47.4 Å². The summed E-state index contributed by atoms with van der Waals surface area (Å²) >= 11 is 1.54. The van der Waals surface area contributed by atoms with Crippen molar-refractivity contribution >= 4 is 29.2 Å². The number of aliphatic hydroxyl groups excluding tert-OH is 2. The molecule has 2 aliphatic rings. The molecule has 1 amide bonds. The third-order valence-electron chi connectivity index (χ3n) is 6.51. The Morgan fingerprint density at radius 2 is 1.85 bits per heavy atom. The van der Waals surface area contributed by atoms with E-state index < -0.39 is 6.10 Å². The van der Waals surface area contributed by atoms with Crippen molar-refractivity contribution in [3.05, 3.63) is 53.6 Å². The molecule has 2 fully saturated rings. The predicted octanol–water partition coefficient (Wildman–Crippen LogP) is 4.74. The van der Waals surface area contributed by atoms with Gasteiger partial charge < -0.3 is 20.4 Å². The molecule has 0 aromatic heterocycles. The van der Waals surface area contributed by atoms with Gasteiger partial charge in [0, 0.05) is 34.9 Å². The zero-order chi connectivity index (χ0) is 23.6. The first-order valence-electron chi connectivity index (χ1n) is 11.7. The summed E-state index contributed by atoms with van der Waals surface area (Å²) in [6, 6.07) is 13.1. The van der Waals surface area contributed by atoms with Crippen molar-refractivity contribution in [2.45, 2.75) is 63.0 Å². The van der Waals surface area contributed by atoms with Crippen LogP contribution >= 0.6 is 11.9 Å². The molecule has 1 saturated carbocycles. The average Bonchev–Trinajstić information content (AvgIpc) is 3.55. The van der Waals surface area contributed by atoms with Gasteiger partial charge in [0.25, 0.3) is 5.91 Å². The molecule has 4 rings (SSSR count). The third kappa shape index (κ3) is 6.09. The van der Waals surface area contributed by atoms with E-state index in [4.69, 9.17) is 0 Å². The van der Waals surface area contributed by atoms with Gasteiger partial charge in [-0.25, -0.2) is 0 Å². The standard InChI is InChI=1S/C26H35N3O3S/c1-25(2,3)28-33-20-6-4-5-19(16-20)27-24(32)21-8-7-18(23(31)17-30)15-22(21)29-13-11-26(9-10-26)12-14-29/h4-8,15-16,23,28,30-31H,9-14,17H2,1-3H3,(H,27,32). The molecule has 7 heteroatoms. The summed E-state index contributed by atoms with van der Waals surface area (Å²) in [6.07, 6.45) is 3.96. The summed E-state index contributed by atoms with van der Waals surface area (Å²) in [5, 5.41) is 22.6. The van der Waals surface area contributed by atoms with Crippen LogP contribution in [0, 0.1) is 5.41 Å². The van der Waals surface area contributed by atoms with Gasteiger partial charge in [-0.3, -0.25) is 9.52 Å². The Morgan fingerprint density at radius 3 is 2.48 bits per heavy atom. The van der Waals surface area contributed by atoms with Crippen LogP contribution in [0.1, 0.15) is 68.5 Å². The van der Waals surface area contributed by atoms with Gasteiger partial charge in [0.1, 0.15) is 6.10 Å². The second-order valence-corrected chi connectivity index (χ2v) is 11.3. The second-order valence-electron chi connectivity index (χ2n) is 10.4. The molecule has 33 heavy (non-hydrogen) atoms. The number of hydrogen-bond acceptors (Lipinski definition) is 6. The molecular weight excluding hydrogens is 434 g/mol. The van der Waals surface area contributed by atoms with Crippen molar-refractivity contribution < 1.29 is 15.0 Å². The molecule has 0 bridgehead atoms. The number of rotatable bonds is 7. The van der Waals surface area contributed by atoms with Gasteiger partial charge in [0.15, 0.2) is 0 Å². The van der Waals surface area contributed by atoms with Crippen molar-refractivity contribution in [1.82, 2.24) is 4.72 Å². The van der Waals surface area contributed by atoms with E-state index in [1.165, 1.54) is 12.8 Å². The van der Waals surface area contributed by atoms with Gasteiger partial charge in [-0.2, -0.15) is 0 Å². The Morgan fingerprint density at radius 1 is 1.12 bits per heavy atom. The number of piperidine rings is 1. The van der Waals surface area contributed by atoms with Crippen LogP contribution in [0.2, 0.25) is 0 Å². The Balaban J connectivity index is 1.54. The van der Waals surface area contributed by atoms with Crippen LogP contribution in [0.3, 0.4) is 0 Å². The molecule has 2 aromatic rings. The number of nitrogens with one attached hydrogen (secondary N) is 2. The van der Waals surface area contributed by atoms with E-state index in [9.17, 15) is 15.0 Å². The Labute approximate surface area is 200 Å². The van der Waals surface area contributed by atoms with E-state index in [1.807, 2.05) is 30.3 Å². The fraction of sp³-hybridized carbons (Fsp3) is 0.500. The first kappa shape index (κ1) is 24.1. The number of aliphatic hydroxyl groups is 2. The summed E-state index contributed by atoms with van der Waals surface area (Å²) in [6.45, 7) is 7.79. The van der Waals surface area contributed by atoms with Crippen LogP contribution in [-0.2, 0) is 0 Å². The lowest BCUT2D eigenvalue weighted by Crippen LogP contribution is -2.35. The summed E-state index contributed by atoms with van der Waals surface area (Å²) in [5.41, 5.74) is 3.28. The van der Waals surface area contributed by atoms with Crippen molar-refractivity contribution in [2.24, 2.45) is 5.41 Å². The lowest BCUT2D eigenvalue weighted by Gasteiger charge is -2.35. The lowest BCUT2D eigenvalue weighted by molar-refractivity contribution is 0.0955. The summed E-state index contributed by atoms with van der Waals surface area (Å²) in [4.78, 5) is 16.6. The SMILES string of the molecule is CC(C)(C)NSc1cccc(NC(=O)c2ccc(C(O)CO)cc2N2CCC3(CC2)CC3)c1. The maximum atomic E-state index is 13.3. The molecule has 178 valence electrons. The monoisotopic (exact) mass is 469 g/mol. The van der Waals surface area contributed by atoms with Crippen molar-refractivity contribution in [3.8, 4) is 0 Å². The molecule has 4 N–H and O–H groups in total. The minimum Gasteiger partial charge on any atom is -0.393 e. The number of nitrogens with zero attached hydrogens (tertiary/aromatic N) is 1. The van der Waals surface area contributed by atoms with Crippen molar-refractivity contribution in [2.75, 3.05) is 29.9 Å². The Kier molecular flexibility index (Phi) is 7.05. The highest BCUT2D eigenvalue weighted by Gasteiger charge is 2.44. The molecule has 1 aliphatic heterocycles. The van der Waals surface area contributed by atoms with Gasteiger partial charge in [-0.05, 0) is 99.7 Å². The minimum atomic E-state index is -0.954. The molecule has 1 spiro atoms. The van der Waals surface area contributed by atoms with Gasteiger partial charge >= 0.3 is 0 Å². The molecule has 1 heterocycles. The maximum Gasteiger partial charge on any atom is 0.257 e. The van der Waals surface area contributed by atoms with E-state index in [-0.39, 0.29) is 18.1 Å². The Hall–Kier alpha value is -2.06. The topological polar surface area (TPSA) is 84.8 Å². The average molecular weight is 470 g/mol. The summed E-state index contributed by atoms with van der Waals surface area (Å²) in [7, 11) is 0. The lowest BCUT2D eigenvalue weighted by atomic mass is 9.92. The smallest absolute Gasteiger partial charge is 0.257 e. The summed E-state index contributed by atoms with van der Waals surface area (Å²) in [5.74, 6) is -0.173. The van der Waals surface area contributed by atoms with E-state index in [1.54, 1.807) is 24.1 Å². The third-order valence-corrected chi connectivity index (χ3v) is 7.72. The molecule has 6 nitrogen and oxygen atoms in total. The fourth-order valence-corrected chi connectivity index (χ4v) is 5.02. The number of carbonyl (C=O) groups is 1. The number of anilines is 2. The van der Waals surface area contributed by atoms with Gasteiger partial charge in [0.05, 0.1) is 12.2 Å². The van der Waals surface area contributed by atoms with E-state index in [0.717, 1.165) is 42.2 Å². The van der Waals surface area contributed by atoms with Crippen LogP contribution < -0.4 is 14.9 Å². The zero-order valence-corrected chi connectivity index (χ0v) is 20.5. The first-order valence-corrected chi connectivity index (χ1v) is 12.5. The van der Waals surface area contributed by atoms with Crippen LogP contribution in [0.4, 0.5) is 11.4 Å². The van der Waals surface area contributed by atoms with Crippen LogP contribution in [0.5, 0.6) is 0 Å². The highest BCUT2D eigenvalue weighted by atomic mass is 32.2. The normalized spacial score (nSPS) is 18.3. The molecule has 1 atom stereocenters. The molecular formula is C26H35N3O3S. The molecule has 2 aromatic carbocycles. The molecule has 1 aliphatic carbocycles. The van der Waals surface area contributed by atoms with Gasteiger partial charge in [-0.15, -0.1) is 0 Å². The number of benzene rings is 2. The first-order chi connectivity index (χ1) is 15.7. The summed E-state index contributed by atoms with van der Waals surface area (Å²) < 4.78 is 3.39. The maximum absolute atomic E-state index is 13.3. The fourth-order valence-electron chi connectivity index (χ4n) is 4.26. The van der Waals surface area contributed by atoms with Gasteiger partial charge in [0.2, 0.25) is 0 Å². The zero-order valence-electron chi connectivity index (χ0n) is 19.7. The minimum absolute atomic E-state index is 0.0206. The second kappa shape index (κ2) is 9.66. The van der Waals surface area contributed by atoms with Gasteiger partial charge in [-0.1, -0.05) is 12.1 Å². The van der Waals surface area contributed by atoms with E-state index >= 15 is 0 Å². The number of hydrogen-bond donors (Lipinski definition) is 4. The van der Waals surface area contributed by atoms with Crippen molar-refractivity contribution in [3.63, 3.8) is 0 Å². The highest BCUT2D eigenvalue weighted by Crippen LogP contribution is 2.54. The number of amides is 1. The van der Waals surface area contributed by atoms with E-state index in [0.29, 0.717) is 16.5 Å². The van der Waals surface area contributed by atoms with E-state index in [2.05, 4.69) is 35.7 Å². The predicted molar refractivity (Wildman–Crippen MR) is 135 cm³/mol. The number of carbonyl (C=O) groups excluding carboxylic acids is 1. The highest BCUT2D eigenvalue weighted by molar-refractivity contribution is 7.97. The quantitative estimate of drug-likeness (QED) is 0.439. The Bertz CT molecular complexity index is 991. The van der Waals surface area contributed by atoms with Crippen LogP contribution in [0.25, 0.3) is 0 Å².